The number of aryl methyl sites for hydroxylation is 2. The number of hydrogen-bond acceptors (Lipinski definition) is 3. The zero-order chi connectivity index (χ0) is 15.4. The Morgan fingerprint density at radius 3 is 2.38 bits per heavy atom. The Hall–Kier alpha value is -2.36. The van der Waals surface area contributed by atoms with Gasteiger partial charge in [0.25, 0.3) is 5.56 Å². The fourth-order valence-electron chi connectivity index (χ4n) is 2.23. The molecule has 0 saturated carbocycles. The van der Waals surface area contributed by atoms with Crippen LogP contribution in [0.2, 0.25) is 0 Å². The molecule has 1 heterocycles. The van der Waals surface area contributed by atoms with Gasteiger partial charge in [-0.25, -0.2) is 4.79 Å². The lowest BCUT2D eigenvalue weighted by Crippen LogP contribution is -2.18. The van der Waals surface area contributed by atoms with Crippen molar-refractivity contribution in [2.75, 3.05) is 7.11 Å². The number of carbonyl (C=O) groups is 1. The summed E-state index contributed by atoms with van der Waals surface area (Å²) in [6, 6.07) is 9.75. The van der Waals surface area contributed by atoms with Crippen LogP contribution in [0.3, 0.4) is 0 Å². The summed E-state index contributed by atoms with van der Waals surface area (Å²) >= 11 is 0. The van der Waals surface area contributed by atoms with Crippen LogP contribution in [-0.4, -0.2) is 18.1 Å². The van der Waals surface area contributed by atoms with Gasteiger partial charge in [0.2, 0.25) is 0 Å². The van der Waals surface area contributed by atoms with Gasteiger partial charge in [0.1, 0.15) is 0 Å². The molecule has 4 nitrogen and oxygen atoms in total. The predicted molar refractivity (Wildman–Crippen MR) is 81.8 cm³/mol. The van der Waals surface area contributed by atoms with Crippen molar-refractivity contribution in [3.8, 4) is 0 Å². The van der Waals surface area contributed by atoms with Gasteiger partial charge in [-0.05, 0) is 30.5 Å². The number of H-pyrrole nitrogens is 1. The maximum atomic E-state index is 12.0. The van der Waals surface area contributed by atoms with Crippen LogP contribution in [0.25, 0.3) is 0 Å². The summed E-state index contributed by atoms with van der Waals surface area (Å²) in [5, 5.41) is 0. The molecule has 0 aliphatic rings. The van der Waals surface area contributed by atoms with Crippen LogP contribution in [0.5, 0.6) is 0 Å². The van der Waals surface area contributed by atoms with Gasteiger partial charge in [0.05, 0.1) is 12.7 Å². The van der Waals surface area contributed by atoms with Gasteiger partial charge >= 0.3 is 5.97 Å². The average molecular weight is 285 g/mol. The number of aromatic nitrogens is 1. The Kier molecular flexibility index (Phi) is 4.58. The van der Waals surface area contributed by atoms with Gasteiger partial charge in [-0.1, -0.05) is 31.2 Å². The second kappa shape index (κ2) is 6.39. The van der Waals surface area contributed by atoms with Crippen LogP contribution in [0, 0.1) is 6.92 Å². The van der Waals surface area contributed by atoms with Gasteiger partial charge in [0.15, 0.2) is 0 Å². The molecule has 0 unspecified atom stereocenters. The first kappa shape index (κ1) is 15.0. The number of benzene rings is 1. The molecule has 21 heavy (non-hydrogen) atoms. The third-order valence-corrected chi connectivity index (χ3v) is 3.55. The third kappa shape index (κ3) is 3.40. The quantitative estimate of drug-likeness (QED) is 0.878. The highest BCUT2D eigenvalue weighted by Gasteiger charge is 2.13. The van der Waals surface area contributed by atoms with Gasteiger partial charge in [-0.15, -0.1) is 0 Å². The monoisotopic (exact) mass is 285 g/mol. The number of nitrogens with one attached hydrogen (secondary N) is 1. The summed E-state index contributed by atoms with van der Waals surface area (Å²) < 4.78 is 4.73. The van der Waals surface area contributed by atoms with Crippen LogP contribution in [0.4, 0.5) is 0 Å². The molecule has 0 saturated heterocycles. The van der Waals surface area contributed by atoms with Crippen molar-refractivity contribution in [3.05, 3.63) is 68.6 Å². The minimum Gasteiger partial charge on any atom is -0.465 e. The number of ether oxygens (including phenoxy) is 1. The summed E-state index contributed by atoms with van der Waals surface area (Å²) in [5.74, 6) is -0.439. The van der Waals surface area contributed by atoms with E-state index in [1.165, 1.54) is 12.7 Å². The van der Waals surface area contributed by atoms with E-state index >= 15 is 0 Å². The van der Waals surface area contributed by atoms with E-state index in [2.05, 4.69) is 24.0 Å². The molecule has 110 valence electrons. The van der Waals surface area contributed by atoms with Crippen LogP contribution >= 0.6 is 0 Å². The summed E-state index contributed by atoms with van der Waals surface area (Å²) in [6.07, 6.45) is 1.47. The Bertz CT molecular complexity index is 699. The van der Waals surface area contributed by atoms with E-state index in [0.29, 0.717) is 23.2 Å². The molecule has 0 atom stereocenters. The van der Waals surface area contributed by atoms with E-state index < -0.39 is 5.97 Å². The Balaban J connectivity index is 2.34. The first-order valence-corrected chi connectivity index (χ1v) is 6.94. The molecule has 2 aromatic rings. The van der Waals surface area contributed by atoms with Crippen LogP contribution in [-0.2, 0) is 17.6 Å². The predicted octanol–water partition coefficient (Wildman–Crippen LogP) is 2.62. The lowest BCUT2D eigenvalue weighted by Gasteiger charge is -2.07. The Labute approximate surface area is 123 Å². The molecule has 0 spiro atoms. The van der Waals surface area contributed by atoms with Crippen LogP contribution in [0.1, 0.15) is 39.7 Å². The van der Waals surface area contributed by atoms with E-state index in [-0.39, 0.29) is 5.56 Å². The standard InChI is InChI=1S/C17H19NO3/c1-4-12-5-7-13(8-6-12)9-14-10-15(17(20)21-3)11(2)18-16(14)19/h5-8,10H,4,9H2,1-3H3,(H,18,19). The molecule has 0 aliphatic heterocycles. The summed E-state index contributed by atoms with van der Waals surface area (Å²) in [6.45, 7) is 3.79. The van der Waals surface area contributed by atoms with Crippen molar-refractivity contribution in [3.63, 3.8) is 0 Å². The molecule has 0 fully saturated rings. The Morgan fingerprint density at radius 1 is 1.19 bits per heavy atom. The van der Waals surface area contributed by atoms with Crippen LogP contribution < -0.4 is 5.56 Å². The van der Waals surface area contributed by atoms with E-state index in [1.54, 1.807) is 13.0 Å². The smallest absolute Gasteiger partial charge is 0.339 e. The first-order valence-electron chi connectivity index (χ1n) is 6.94. The number of rotatable bonds is 4. The van der Waals surface area contributed by atoms with E-state index in [9.17, 15) is 9.59 Å². The number of methoxy groups -OCH3 is 1. The normalized spacial score (nSPS) is 10.4. The zero-order valence-electron chi connectivity index (χ0n) is 12.5. The molecule has 1 N–H and O–H groups in total. The minimum absolute atomic E-state index is 0.167. The molecule has 0 bridgehead atoms. The summed E-state index contributed by atoms with van der Waals surface area (Å²) in [4.78, 5) is 26.4. The lowest BCUT2D eigenvalue weighted by molar-refractivity contribution is 0.0599. The molecule has 0 radical (unpaired) electrons. The number of carbonyl (C=O) groups excluding carboxylic acids is 1. The van der Waals surface area contributed by atoms with Crippen molar-refractivity contribution in [1.82, 2.24) is 4.98 Å². The maximum Gasteiger partial charge on any atom is 0.339 e. The van der Waals surface area contributed by atoms with Crippen LogP contribution in [0.15, 0.2) is 35.1 Å². The van der Waals surface area contributed by atoms with Gasteiger partial charge in [0, 0.05) is 17.7 Å². The van der Waals surface area contributed by atoms with Gasteiger partial charge < -0.3 is 9.72 Å². The molecule has 0 amide bonds. The second-order valence-corrected chi connectivity index (χ2v) is 5.00. The van der Waals surface area contributed by atoms with Crippen molar-refractivity contribution >= 4 is 5.97 Å². The highest BCUT2D eigenvalue weighted by Crippen LogP contribution is 2.12. The molecular weight excluding hydrogens is 266 g/mol. The second-order valence-electron chi connectivity index (χ2n) is 5.00. The largest absolute Gasteiger partial charge is 0.465 e. The first-order chi connectivity index (χ1) is 10.0. The third-order valence-electron chi connectivity index (χ3n) is 3.55. The number of aromatic amines is 1. The lowest BCUT2D eigenvalue weighted by atomic mass is 10.0. The number of esters is 1. The number of pyridine rings is 1. The van der Waals surface area contributed by atoms with E-state index in [1.807, 2.05) is 12.1 Å². The fraction of sp³-hybridized carbons (Fsp3) is 0.294. The Morgan fingerprint density at radius 2 is 1.81 bits per heavy atom. The topological polar surface area (TPSA) is 59.2 Å². The van der Waals surface area contributed by atoms with Crippen molar-refractivity contribution in [2.45, 2.75) is 26.7 Å². The zero-order valence-corrected chi connectivity index (χ0v) is 12.5. The maximum absolute atomic E-state index is 12.0. The number of hydrogen-bond donors (Lipinski definition) is 1. The van der Waals surface area contributed by atoms with Crippen molar-refractivity contribution in [2.24, 2.45) is 0 Å². The highest BCUT2D eigenvalue weighted by molar-refractivity contribution is 5.90. The van der Waals surface area contributed by atoms with E-state index in [4.69, 9.17) is 4.74 Å². The van der Waals surface area contributed by atoms with Gasteiger partial charge in [-0.3, -0.25) is 4.79 Å². The average Bonchev–Trinajstić information content (AvgIpc) is 2.50. The van der Waals surface area contributed by atoms with E-state index in [0.717, 1.165) is 12.0 Å². The summed E-state index contributed by atoms with van der Waals surface area (Å²) in [7, 11) is 1.33. The molecular formula is C17H19NO3. The molecule has 2 rings (SSSR count). The molecule has 0 aliphatic carbocycles. The van der Waals surface area contributed by atoms with Crippen molar-refractivity contribution in [1.29, 1.82) is 0 Å². The SMILES string of the molecule is CCc1ccc(Cc2cc(C(=O)OC)c(C)[nH]c2=O)cc1. The fourth-order valence-corrected chi connectivity index (χ4v) is 2.23. The minimum atomic E-state index is -0.439. The highest BCUT2D eigenvalue weighted by atomic mass is 16.5. The molecule has 1 aromatic heterocycles. The summed E-state index contributed by atoms with van der Waals surface area (Å²) in [5.41, 5.74) is 3.61. The molecule has 4 heteroatoms. The molecule has 1 aromatic carbocycles. The van der Waals surface area contributed by atoms with Gasteiger partial charge in [-0.2, -0.15) is 0 Å². The van der Waals surface area contributed by atoms with Crippen molar-refractivity contribution < 1.29 is 9.53 Å².